The predicted octanol–water partition coefficient (Wildman–Crippen LogP) is -0.359. The fourth-order valence-electron chi connectivity index (χ4n) is 2.98. The van der Waals surface area contributed by atoms with Crippen molar-refractivity contribution in [1.29, 1.82) is 0 Å². The Morgan fingerprint density at radius 2 is 2.41 bits per heavy atom. The molecule has 1 amide bonds. The van der Waals surface area contributed by atoms with E-state index in [0.717, 1.165) is 12.8 Å². The van der Waals surface area contributed by atoms with Gasteiger partial charge in [0.2, 0.25) is 5.91 Å². The molecule has 4 unspecified atom stereocenters. The average molecular weight is 242 g/mol. The summed E-state index contributed by atoms with van der Waals surface area (Å²) < 4.78 is 5.04. The molecule has 0 saturated carbocycles. The van der Waals surface area contributed by atoms with E-state index in [0.29, 0.717) is 25.1 Å². The van der Waals surface area contributed by atoms with Crippen LogP contribution in [0.5, 0.6) is 0 Å². The molecular weight excluding hydrogens is 220 g/mol. The molecule has 0 aliphatic carbocycles. The Balaban J connectivity index is 1.82. The monoisotopic (exact) mass is 242 g/mol. The quantitative estimate of drug-likeness (QED) is 0.595. The summed E-state index contributed by atoms with van der Waals surface area (Å²) in [5, 5.41) is 15.4. The van der Waals surface area contributed by atoms with E-state index in [2.05, 4.69) is 10.6 Å². The van der Waals surface area contributed by atoms with Gasteiger partial charge in [-0.05, 0) is 25.7 Å². The molecule has 3 N–H and O–H groups in total. The van der Waals surface area contributed by atoms with Crippen LogP contribution in [0, 0.1) is 5.92 Å². The lowest BCUT2D eigenvalue weighted by Gasteiger charge is -2.23. The molecule has 0 radical (unpaired) electrons. The Hall–Kier alpha value is -0.650. The standard InChI is InChI=1S/C12H22N2O3/c1-17-7-9(4-5-15)14-12(16)10-6-8-2-3-11(10)13-8/h8-11,13,15H,2-7H2,1H3,(H,14,16). The van der Waals surface area contributed by atoms with Crippen molar-refractivity contribution in [3.63, 3.8) is 0 Å². The van der Waals surface area contributed by atoms with Crippen LogP contribution in [-0.4, -0.2) is 49.5 Å². The van der Waals surface area contributed by atoms with Crippen molar-refractivity contribution >= 4 is 5.91 Å². The van der Waals surface area contributed by atoms with Crippen molar-refractivity contribution < 1.29 is 14.6 Å². The Morgan fingerprint density at radius 3 is 2.94 bits per heavy atom. The second-order valence-electron chi connectivity index (χ2n) is 5.06. The average Bonchev–Trinajstić information content (AvgIpc) is 2.91. The Labute approximate surface area is 102 Å². The van der Waals surface area contributed by atoms with E-state index in [4.69, 9.17) is 9.84 Å². The highest BCUT2D eigenvalue weighted by Gasteiger charge is 2.42. The van der Waals surface area contributed by atoms with Gasteiger partial charge in [-0.15, -0.1) is 0 Å². The maximum Gasteiger partial charge on any atom is 0.225 e. The van der Waals surface area contributed by atoms with Gasteiger partial charge in [0.25, 0.3) is 0 Å². The van der Waals surface area contributed by atoms with Gasteiger partial charge < -0.3 is 20.5 Å². The zero-order valence-corrected chi connectivity index (χ0v) is 10.3. The number of aliphatic hydroxyl groups excluding tert-OH is 1. The van der Waals surface area contributed by atoms with Crippen molar-refractivity contribution in [2.45, 2.75) is 43.8 Å². The molecule has 0 aromatic carbocycles. The fourth-order valence-corrected chi connectivity index (χ4v) is 2.98. The van der Waals surface area contributed by atoms with Gasteiger partial charge >= 0.3 is 0 Å². The van der Waals surface area contributed by atoms with Crippen molar-refractivity contribution in [3.8, 4) is 0 Å². The molecule has 4 atom stereocenters. The Morgan fingerprint density at radius 1 is 1.59 bits per heavy atom. The van der Waals surface area contributed by atoms with Crippen LogP contribution in [0.3, 0.4) is 0 Å². The molecule has 5 heteroatoms. The van der Waals surface area contributed by atoms with E-state index >= 15 is 0 Å². The van der Waals surface area contributed by atoms with E-state index in [9.17, 15) is 4.79 Å². The fraction of sp³-hybridized carbons (Fsp3) is 0.917. The van der Waals surface area contributed by atoms with Crippen molar-refractivity contribution in [2.24, 2.45) is 5.92 Å². The number of carbonyl (C=O) groups excluding carboxylic acids is 1. The number of methoxy groups -OCH3 is 1. The van der Waals surface area contributed by atoms with Crippen LogP contribution >= 0.6 is 0 Å². The van der Waals surface area contributed by atoms with Crippen molar-refractivity contribution in [3.05, 3.63) is 0 Å². The van der Waals surface area contributed by atoms with E-state index in [1.165, 1.54) is 6.42 Å². The van der Waals surface area contributed by atoms with Gasteiger partial charge in [-0.2, -0.15) is 0 Å². The van der Waals surface area contributed by atoms with Crippen LogP contribution in [0.25, 0.3) is 0 Å². The summed E-state index contributed by atoms with van der Waals surface area (Å²) in [7, 11) is 1.61. The summed E-state index contributed by atoms with van der Waals surface area (Å²) >= 11 is 0. The number of rotatable bonds is 6. The maximum absolute atomic E-state index is 12.1. The lowest BCUT2D eigenvalue weighted by atomic mass is 9.88. The van der Waals surface area contributed by atoms with Gasteiger partial charge in [0.15, 0.2) is 0 Å². The van der Waals surface area contributed by atoms with Crippen LogP contribution in [0.2, 0.25) is 0 Å². The number of aliphatic hydroxyl groups is 1. The minimum absolute atomic E-state index is 0.0726. The summed E-state index contributed by atoms with van der Waals surface area (Å²) in [4.78, 5) is 12.1. The highest BCUT2D eigenvalue weighted by atomic mass is 16.5. The second-order valence-corrected chi connectivity index (χ2v) is 5.06. The maximum atomic E-state index is 12.1. The molecule has 2 aliphatic heterocycles. The van der Waals surface area contributed by atoms with Gasteiger partial charge in [-0.1, -0.05) is 0 Å². The first-order valence-electron chi connectivity index (χ1n) is 6.40. The third-order valence-electron chi connectivity index (χ3n) is 3.83. The van der Waals surface area contributed by atoms with E-state index < -0.39 is 0 Å². The predicted molar refractivity (Wildman–Crippen MR) is 63.6 cm³/mol. The molecule has 2 saturated heterocycles. The third kappa shape index (κ3) is 2.97. The number of carbonyl (C=O) groups is 1. The minimum atomic E-state index is -0.0726. The molecule has 17 heavy (non-hydrogen) atoms. The van der Waals surface area contributed by atoms with Crippen LogP contribution in [0.4, 0.5) is 0 Å². The number of amides is 1. The first-order chi connectivity index (χ1) is 8.24. The Kier molecular flexibility index (Phi) is 4.36. The number of ether oxygens (including phenoxy) is 1. The highest BCUT2D eigenvalue weighted by Crippen LogP contribution is 2.33. The smallest absolute Gasteiger partial charge is 0.225 e. The van der Waals surface area contributed by atoms with Gasteiger partial charge in [-0.3, -0.25) is 4.79 Å². The number of hydrogen-bond acceptors (Lipinski definition) is 4. The molecule has 2 aliphatic rings. The molecule has 5 nitrogen and oxygen atoms in total. The lowest BCUT2D eigenvalue weighted by molar-refractivity contribution is -0.126. The molecule has 0 aromatic heterocycles. The van der Waals surface area contributed by atoms with Crippen LogP contribution in [-0.2, 0) is 9.53 Å². The molecule has 2 heterocycles. The van der Waals surface area contributed by atoms with Crippen LogP contribution in [0.15, 0.2) is 0 Å². The molecule has 2 rings (SSSR count). The van der Waals surface area contributed by atoms with Crippen molar-refractivity contribution in [2.75, 3.05) is 20.3 Å². The first kappa shape index (κ1) is 12.8. The summed E-state index contributed by atoms with van der Waals surface area (Å²) in [6.45, 7) is 0.532. The highest BCUT2D eigenvalue weighted by molar-refractivity contribution is 5.80. The van der Waals surface area contributed by atoms with Gasteiger partial charge in [0.1, 0.15) is 0 Å². The SMILES string of the molecule is COCC(CCO)NC(=O)C1CC2CCC1N2. The summed E-state index contributed by atoms with van der Waals surface area (Å²) in [6, 6.07) is 0.823. The Bertz CT molecular complexity index is 266. The molecule has 0 spiro atoms. The van der Waals surface area contributed by atoms with Gasteiger partial charge in [-0.25, -0.2) is 0 Å². The van der Waals surface area contributed by atoms with Gasteiger partial charge in [0.05, 0.1) is 18.6 Å². The zero-order chi connectivity index (χ0) is 12.3. The summed E-state index contributed by atoms with van der Waals surface area (Å²) in [5.41, 5.74) is 0. The number of nitrogens with one attached hydrogen (secondary N) is 2. The van der Waals surface area contributed by atoms with Crippen LogP contribution in [0.1, 0.15) is 25.7 Å². The third-order valence-corrected chi connectivity index (χ3v) is 3.83. The summed E-state index contributed by atoms with van der Waals surface area (Å²) in [5.74, 6) is 0.215. The molecular formula is C12H22N2O3. The number of hydrogen-bond donors (Lipinski definition) is 3. The van der Waals surface area contributed by atoms with Crippen molar-refractivity contribution in [1.82, 2.24) is 10.6 Å². The zero-order valence-electron chi connectivity index (χ0n) is 10.3. The first-order valence-corrected chi connectivity index (χ1v) is 6.40. The molecule has 2 bridgehead atoms. The topological polar surface area (TPSA) is 70.6 Å². The molecule has 2 fully saturated rings. The normalized spacial score (nSPS) is 32.7. The van der Waals surface area contributed by atoms with E-state index in [1.54, 1.807) is 7.11 Å². The lowest BCUT2D eigenvalue weighted by Crippen LogP contribution is -2.44. The number of fused-ring (bicyclic) bond motifs is 2. The second kappa shape index (κ2) is 5.80. The van der Waals surface area contributed by atoms with E-state index in [-0.39, 0.29) is 24.5 Å². The largest absolute Gasteiger partial charge is 0.396 e. The van der Waals surface area contributed by atoms with Crippen LogP contribution < -0.4 is 10.6 Å². The van der Waals surface area contributed by atoms with Gasteiger partial charge in [0, 0.05) is 25.8 Å². The summed E-state index contributed by atoms with van der Waals surface area (Å²) in [6.07, 6.45) is 3.81. The molecule has 0 aromatic rings. The van der Waals surface area contributed by atoms with E-state index in [1.807, 2.05) is 0 Å². The minimum Gasteiger partial charge on any atom is -0.396 e. The molecule has 98 valence electrons.